The molecule has 0 aromatic heterocycles. The minimum absolute atomic E-state index is 0.0469. The summed E-state index contributed by atoms with van der Waals surface area (Å²) in [5, 5.41) is 10.2. The number of phenols is 1. The van der Waals surface area contributed by atoms with E-state index in [9.17, 15) is 19.5 Å². The Bertz CT molecular complexity index is 1070. The number of hydrogen-bond acceptors (Lipinski definition) is 6. The number of amides is 3. The van der Waals surface area contributed by atoms with Crippen LogP contribution in [0.3, 0.4) is 0 Å². The number of thioether (sulfide) groups is 1. The standard InChI is InChI=1S/C21H18ClN3O4S2/c22-15-8-3-1-6-13(15)12-17-20(29)25(21(30)31-17)11-5-10-18(27)23-24-19(28)14-7-2-4-9-16(14)26/h1-4,6-9,12,26H,5,10-11H2,(H,23,27)(H,24,28)/b17-12-. The molecule has 160 valence electrons. The Labute approximate surface area is 193 Å². The molecule has 0 aliphatic carbocycles. The van der Waals surface area contributed by atoms with Crippen molar-refractivity contribution in [2.75, 3.05) is 6.54 Å². The molecule has 3 rings (SSSR count). The Balaban J connectivity index is 1.48. The number of para-hydroxylation sites is 1. The fraction of sp³-hybridized carbons (Fsp3) is 0.143. The van der Waals surface area contributed by atoms with Gasteiger partial charge >= 0.3 is 0 Å². The van der Waals surface area contributed by atoms with Crippen LogP contribution in [0, 0.1) is 0 Å². The molecule has 1 aliphatic heterocycles. The topological polar surface area (TPSA) is 98.7 Å². The summed E-state index contributed by atoms with van der Waals surface area (Å²) in [6, 6.07) is 13.2. The first-order valence-electron chi connectivity index (χ1n) is 9.24. The van der Waals surface area contributed by atoms with Crippen LogP contribution >= 0.6 is 35.6 Å². The molecule has 2 aromatic rings. The lowest BCUT2D eigenvalue weighted by Gasteiger charge is -2.14. The van der Waals surface area contributed by atoms with Gasteiger partial charge in [-0.2, -0.15) is 0 Å². The number of hydrogen-bond donors (Lipinski definition) is 3. The Kier molecular flexibility index (Phi) is 7.67. The van der Waals surface area contributed by atoms with Crippen LogP contribution < -0.4 is 10.9 Å². The number of carbonyl (C=O) groups excluding carboxylic acids is 3. The van der Waals surface area contributed by atoms with Gasteiger partial charge in [-0.15, -0.1) is 0 Å². The number of aromatic hydroxyl groups is 1. The molecule has 0 bridgehead atoms. The van der Waals surface area contributed by atoms with Gasteiger partial charge in [-0.05, 0) is 36.3 Å². The van der Waals surface area contributed by atoms with Crippen molar-refractivity contribution in [1.29, 1.82) is 0 Å². The lowest BCUT2D eigenvalue weighted by molar-refractivity contribution is -0.124. The number of halogens is 1. The van der Waals surface area contributed by atoms with E-state index in [4.69, 9.17) is 23.8 Å². The predicted octanol–water partition coefficient (Wildman–Crippen LogP) is 3.49. The van der Waals surface area contributed by atoms with E-state index in [2.05, 4.69) is 10.9 Å². The summed E-state index contributed by atoms with van der Waals surface area (Å²) in [5.74, 6) is -1.48. The van der Waals surface area contributed by atoms with Gasteiger partial charge in [0.25, 0.3) is 11.8 Å². The van der Waals surface area contributed by atoms with Gasteiger partial charge < -0.3 is 5.11 Å². The fourth-order valence-corrected chi connectivity index (χ4v) is 4.24. The molecule has 10 heteroatoms. The zero-order valence-corrected chi connectivity index (χ0v) is 18.5. The Morgan fingerprint density at radius 3 is 2.58 bits per heavy atom. The molecule has 0 radical (unpaired) electrons. The molecule has 1 aliphatic rings. The summed E-state index contributed by atoms with van der Waals surface area (Å²) in [6.07, 6.45) is 2.12. The molecule has 0 saturated carbocycles. The normalized spacial score (nSPS) is 14.7. The number of benzene rings is 2. The van der Waals surface area contributed by atoms with Gasteiger partial charge in [-0.1, -0.05) is 65.9 Å². The largest absolute Gasteiger partial charge is 0.507 e. The van der Waals surface area contributed by atoms with Crippen molar-refractivity contribution in [1.82, 2.24) is 15.8 Å². The van der Waals surface area contributed by atoms with E-state index in [0.717, 1.165) is 5.56 Å². The van der Waals surface area contributed by atoms with Gasteiger partial charge in [0.2, 0.25) is 5.91 Å². The van der Waals surface area contributed by atoms with Crippen LogP contribution in [0.5, 0.6) is 5.75 Å². The maximum absolute atomic E-state index is 12.6. The van der Waals surface area contributed by atoms with E-state index in [-0.39, 0.29) is 30.2 Å². The molecule has 1 saturated heterocycles. The lowest BCUT2D eigenvalue weighted by Crippen LogP contribution is -2.42. The monoisotopic (exact) mass is 475 g/mol. The smallest absolute Gasteiger partial charge is 0.273 e. The van der Waals surface area contributed by atoms with E-state index < -0.39 is 11.8 Å². The minimum Gasteiger partial charge on any atom is -0.507 e. The first kappa shape index (κ1) is 22.8. The third-order valence-electron chi connectivity index (χ3n) is 4.32. The minimum atomic E-state index is -0.631. The molecule has 3 N–H and O–H groups in total. The molecule has 2 aromatic carbocycles. The summed E-state index contributed by atoms with van der Waals surface area (Å²) in [5.41, 5.74) is 5.30. The number of carbonyl (C=O) groups is 3. The first-order valence-corrected chi connectivity index (χ1v) is 10.8. The third kappa shape index (κ3) is 5.84. The van der Waals surface area contributed by atoms with E-state index in [1.807, 2.05) is 12.1 Å². The molecule has 0 atom stereocenters. The highest BCUT2D eigenvalue weighted by Crippen LogP contribution is 2.33. The predicted molar refractivity (Wildman–Crippen MR) is 124 cm³/mol. The summed E-state index contributed by atoms with van der Waals surface area (Å²) >= 11 is 12.6. The number of rotatable bonds is 6. The highest BCUT2D eigenvalue weighted by molar-refractivity contribution is 8.26. The number of thiocarbonyl (C=S) groups is 1. The van der Waals surface area contributed by atoms with E-state index >= 15 is 0 Å². The quantitative estimate of drug-likeness (QED) is 0.336. The van der Waals surface area contributed by atoms with Crippen molar-refractivity contribution < 1.29 is 19.5 Å². The second-order valence-electron chi connectivity index (χ2n) is 6.48. The third-order valence-corrected chi connectivity index (χ3v) is 6.04. The molecule has 1 heterocycles. The van der Waals surface area contributed by atoms with Crippen molar-refractivity contribution in [2.24, 2.45) is 0 Å². The van der Waals surface area contributed by atoms with E-state index in [1.165, 1.54) is 28.8 Å². The number of nitrogens with one attached hydrogen (secondary N) is 2. The van der Waals surface area contributed by atoms with Crippen LogP contribution in [0.2, 0.25) is 5.02 Å². The molecular formula is C21H18ClN3O4S2. The lowest BCUT2D eigenvalue weighted by atomic mass is 10.2. The average Bonchev–Trinajstić information content (AvgIpc) is 3.01. The van der Waals surface area contributed by atoms with Gasteiger partial charge in [-0.25, -0.2) is 0 Å². The Morgan fingerprint density at radius 2 is 1.84 bits per heavy atom. The van der Waals surface area contributed by atoms with Gasteiger partial charge in [-0.3, -0.25) is 30.1 Å². The number of hydrazine groups is 1. The Hall–Kier alpha value is -2.88. The zero-order valence-electron chi connectivity index (χ0n) is 16.1. The van der Waals surface area contributed by atoms with Crippen LogP contribution in [0.15, 0.2) is 53.4 Å². The Morgan fingerprint density at radius 1 is 1.13 bits per heavy atom. The average molecular weight is 476 g/mol. The maximum Gasteiger partial charge on any atom is 0.273 e. The highest BCUT2D eigenvalue weighted by Gasteiger charge is 2.31. The molecular weight excluding hydrogens is 458 g/mol. The van der Waals surface area contributed by atoms with Gasteiger partial charge in [0.15, 0.2) is 0 Å². The molecule has 7 nitrogen and oxygen atoms in total. The van der Waals surface area contributed by atoms with E-state index in [1.54, 1.807) is 30.3 Å². The van der Waals surface area contributed by atoms with Crippen molar-refractivity contribution in [2.45, 2.75) is 12.8 Å². The van der Waals surface area contributed by atoms with Crippen LogP contribution in [-0.4, -0.2) is 38.6 Å². The van der Waals surface area contributed by atoms with Crippen molar-refractivity contribution in [3.8, 4) is 5.75 Å². The van der Waals surface area contributed by atoms with Crippen molar-refractivity contribution in [3.05, 3.63) is 69.6 Å². The van der Waals surface area contributed by atoms with Crippen LogP contribution in [0.1, 0.15) is 28.8 Å². The molecule has 1 fully saturated rings. The summed E-state index contributed by atoms with van der Waals surface area (Å²) in [6.45, 7) is 0.269. The first-order chi connectivity index (χ1) is 14.9. The van der Waals surface area contributed by atoms with Crippen LogP contribution in [0.4, 0.5) is 0 Å². The number of nitrogens with zero attached hydrogens (tertiary/aromatic N) is 1. The molecule has 0 unspecified atom stereocenters. The highest BCUT2D eigenvalue weighted by atomic mass is 35.5. The SMILES string of the molecule is O=C(CCCN1C(=O)/C(=C/c2ccccc2Cl)SC1=S)NNC(=O)c1ccccc1O. The zero-order chi connectivity index (χ0) is 22.4. The van der Waals surface area contributed by atoms with E-state index in [0.29, 0.717) is 20.7 Å². The fourth-order valence-electron chi connectivity index (χ4n) is 2.75. The van der Waals surface area contributed by atoms with Crippen LogP contribution in [0.25, 0.3) is 6.08 Å². The summed E-state index contributed by atoms with van der Waals surface area (Å²) < 4.78 is 0.413. The maximum atomic E-state index is 12.6. The second kappa shape index (κ2) is 10.4. The van der Waals surface area contributed by atoms with Gasteiger partial charge in [0.1, 0.15) is 10.1 Å². The van der Waals surface area contributed by atoms with Gasteiger partial charge in [0, 0.05) is 18.0 Å². The summed E-state index contributed by atoms with van der Waals surface area (Å²) in [4.78, 5) is 38.5. The molecule has 0 spiro atoms. The van der Waals surface area contributed by atoms with Crippen molar-refractivity contribution >= 4 is 63.7 Å². The number of phenolic OH excluding ortho intramolecular Hbond substituents is 1. The molecule has 3 amide bonds. The van der Waals surface area contributed by atoms with Crippen molar-refractivity contribution in [3.63, 3.8) is 0 Å². The summed E-state index contributed by atoms with van der Waals surface area (Å²) in [7, 11) is 0. The van der Waals surface area contributed by atoms with Crippen LogP contribution in [-0.2, 0) is 9.59 Å². The van der Waals surface area contributed by atoms with Gasteiger partial charge in [0.05, 0.1) is 10.5 Å². The second-order valence-corrected chi connectivity index (χ2v) is 8.56. The molecule has 31 heavy (non-hydrogen) atoms.